The molecule has 1 saturated heterocycles. The van der Waals surface area contributed by atoms with Crippen LogP contribution in [0.4, 0.5) is 5.69 Å². The standard InChI is InChI=1S/C23H24N4O4/c1-14(2)25-8-7-16-10-17(3-4-19(16)25)22(28)24-11-15-9-18(13-24)20-5-6-21(27(30)31)23(29)26(20)12-15/h3-8,10,14-15,18H,9,11-13H2,1-2H3/t15-,18?/m1/s1. The summed E-state index contributed by atoms with van der Waals surface area (Å²) in [5.41, 5.74) is 1.62. The van der Waals surface area contributed by atoms with Gasteiger partial charge < -0.3 is 14.0 Å². The summed E-state index contributed by atoms with van der Waals surface area (Å²) in [4.78, 5) is 38.2. The van der Waals surface area contributed by atoms with Crippen molar-refractivity contribution >= 4 is 22.5 Å². The highest BCUT2D eigenvalue weighted by molar-refractivity contribution is 5.98. The number of hydrogen-bond donors (Lipinski definition) is 0. The monoisotopic (exact) mass is 420 g/mol. The lowest BCUT2D eigenvalue weighted by Gasteiger charge is -2.42. The van der Waals surface area contributed by atoms with E-state index in [1.165, 1.54) is 6.07 Å². The Morgan fingerprint density at radius 1 is 1.13 bits per heavy atom. The number of nitrogens with zero attached hydrogens (tertiary/aromatic N) is 4. The fraction of sp³-hybridized carbons (Fsp3) is 0.391. The number of piperidine rings is 1. The van der Waals surface area contributed by atoms with Gasteiger partial charge in [0.15, 0.2) is 0 Å². The highest BCUT2D eigenvalue weighted by Crippen LogP contribution is 2.36. The number of aromatic nitrogens is 2. The van der Waals surface area contributed by atoms with E-state index in [0.29, 0.717) is 31.2 Å². The number of carbonyl (C=O) groups is 1. The van der Waals surface area contributed by atoms with E-state index >= 15 is 0 Å². The second-order valence-corrected chi connectivity index (χ2v) is 8.92. The molecule has 8 nitrogen and oxygen atoms in total. The minimum atomic E-state index is -0.626. The first kappa shape index (κ1) is 19.5. The van der Waals surface area contributed by atoms with Crippen LogP contribution in [0.15, 0.2) is 47.4 Å². The summed E-state index contributed by atoms with van der Waals surface area (Å²) in [6, 6.07) is 11.2. The number of hydrogen-bond acceptors (Lipinski definition) is 4. The first-order valence-corrected chi connectivity index (χ1v) is 10.6. The number of pyridine rings is 1. The van der Waals surface area contributed by atoms with Gasteiger partial charge in [-0.2, -0.15) is 0 Å². The molecular weight excluding hydrogens is 396 g/mol. The van der Waals surface area contributed by atoms with E-state index in [-0.39, 0.29) is 17.7 Å². The predicted octanol–water partition coefficient (Wildman–Crippen LogP) is 3.55. The molecule has 0 spiro atoms. The smallest absolute Gasteiger partial charge is 0.334 e. The molecular formula is C23H24N4O4. The molecule has 1 unspecified atom stereocenters. The molecule has 0 radical (unpaired) electrons. The SMILES string of the molecule is CC(C)n1ccc2cc(C(=O)N3CC4C[C@H](C3)Cn3c4ccc([N+](=O)[O-])c3=O)ccc21. The normalized spacial score (nSPS) is 20.2. The topological polar surface area (TPSA) is 90.4 Å². The summed E-state index contributed by atoms with van der Waals surface area (Å²) < 4.78 is 3.72. The lowest BCUT2D eigenvalue weighted by molar-refractivity contribution is -0.386. The summed E-state index contributed by atoms with van der Waals surface area (Å²) >= 11 is 0. The Morgan fingerprint density at radius 3 is 2.68 bits per heavy atom. The van der Waals surface area contributed by atoms with Gasteiger partial charge in [-0.15, -0.1) is 0 Å². The van der Waals surface area contributed by atoms with E-state index in [0.717, 1.165) is 23.0 Å². The molecule has 0 aliphatic carbocycles. The molecule has 8 heteroatoms. The van der Waals surface area contributed by atoms with E-state index < -0.39 is 16.2 Å². The summed E-state index contributed by atoms with van der Waals surface area (Å²) in [6.45, 7) is 5.73. The number of benzene rings is 1. The van der Waals surface area contributed by atoms with Crippen molar-refractivity contribution in [3.05, 3.63) is 74.3 Å². The summed E-state index contributed by atoms with van der Waals surface area (Å²) in [5.74, 6) is 0.114. The van der Waals surface area contributed by atoms with E-state index in [4.69, 9.17) is 0 Å². The van der Waals surface area contributed by atoms with Crippen LogP contribution in [0.2, 0.25) is 0 Å². The van der Waals surface area contributed by atoms with E-state index in [1.807, 2.05) is 35.4 Å². The molecule has 2 aromatic heterocycles. The maximum atomic E-state index is 13.3. The zero-order valence-corrected chi connectivity index (χ0v) is 17.5. The van der Waals surface area contributed by atoms with Gasteiger partial charge in [0.05, 0.1) is 4.92 Å². The van der Waals surface area contributed by atoms with Crippen LogP contribution in [0.25, 0.3) is 10.9 Å². The Morgan fingerprint density at radius 2 is 1.94 bits per heavy atom. The van der Waals surface area contributed by atoms with E-state index in [1.54, 1.807) is 10.6 Å². The van der Waals surface area contributed by atoms with Crippen molar-refractivity contribution in [2.24, 2.45) is 5.92 Å². The number of nitro groups is 1. The van der Waals surface area contributed by atoms with Gasteiger partial charge >= 0.3 is 11.2 Å². The van der Waals surface area contributed by atoms with E-state index in [2.05, 4.69) is 18.4 Å². The fourth-order valence-corrected chi connectivity index (χ4v) is 5.17. The van der Waals surface area contributed by atoms with Gasteiger partial charge in [0, 0.05) is 66.0 Å². The first-order chi connectivity index (χ1) is 14.8. The Labute approximate surface area is 178 Å². The molecule has 4 heterocycles. The third kappa shape index (κ3) is 3.13. The van der Waals surface area contributed by atoms with Gasteiger partial charge in [-0.05, 0) is 56.5 Å². The summed E-state index contributed by atoms with van der Waals surface area (Å²) in [6.07, 6.45) is 2.93. The van der Waals surface area contributed by atoms with Crippen molar-refractivity contribution in [2.75, 3.05) is 13.1 Å². The number of rotatable bonds is 3. The first-order valence-electron chi connectivity index (χ1n) is 10.6. The van der Waals surface area contributed by atoms with Crippen LogP contribution in [0.5, 0.6) is 0 Å². The molecule has 1 amide bonds. The third-order valence-electron chi connectivity index (χ3n) is 6.59. The molecule has 5 rings (SSSR count). The molecule has 1 fully saturated rings. The average molecular weight is 420 g/mol. The van der Waals surface area contributed by atoms with Crippen molar-refractivity contribution in [2.45, 2.75) is 38.8 Å². The van der Waals surface area contributed by atoms with Crippen LogP contribution in [0.3, 0.4) is 0 Å². The summed E-state index contributed by atoms with van der Waals surface area (Å²) in [7, 11) is 0. The van der Waals surface area contributed by atoms with Crippen LogP contribution in [0, 0.1) is 16.0 Å². The number of fused-ring (bicyclic) bond motifs is 5. The van der Waals surface area contributed by atoms with Crippen molar-refractivity contribution in [1.82, 2.24) is 14.0 Å². The molecule has 2 aliphatic rings. The molecule has 2 atom stereocenters. The highest BCUT2D eigenvalue weighted by atomic mass is 16.6. The summed E-state index contributed by atoms with van der Waals surface area (Å²) in [5, 5.41) is 12.2. The van der Waals surface area contributed by atoms with Crippen LogP contribution in [-0.4, -0.2) is 38.0 Å². The number of likely N-dealkylation sites (tertiary alicyclic amines) is 1. The largest absolute Gasteiger partial charge is 0.345 e. The minimum absolute atomic E-state index is 0.00777. The van der Waals surface area contributed by atoms with Gasteiger partial charge in [0.25, 0.3) is 5.91 Å². The lowest BCUT2D eigenvalue weighted by Crippen LogP contribution is -2.49. The van der Waals surface area contributed by atoms with Gasteiger partial charge in [-0.3, -0.25) is 19.7 Å². The number of carbonyl (C=O) groups excluding carboxylic acids is 1. The minimum Gasteiger partial charge on any atom is -0.345 e. The lowest BCUT2D eigenvalue weighted by atomic mass is 9.83. The van der Waals surface area contributed by atoms with Crippen molar-refractivity contribution in [1.29, 1.82) is 0 Å². The molecule has 31 heavy (non-hydrogen) atoms. The van der Waals surface area contributed by atoms with Crippen molar-refractivity contribution < 1.29 is 9.72 Å². The molecule has 3 aromatic rings. The molecule has 2 aliphatic heterocycles. The molecule has 160 valence electrons. The zero-order valence-electron chi connectivity index (χ0n) is 17.5. The molecule has 1 aromatic carbocycles. The van der Waals surface area contributed by atoms with Crippen LogP contribution >= 0.6 is 0 Å². The van der Waals surface area contributed by atoms with Crippen LogP contribution in [-0.2, 0) is 6.54 Å². The van der Waals surface area contributed by atoms with Gasteiger partial charge in [-0.1, -0.05) is 0 Å². The second kappa shape index (κ2) is 7.08. The third-order valence-corrected chi connectivity index (χ3v) is 6.59. The Bertz CT molecular complexity index is 1270. The maximum Gasteiger partial charge on any atom is 0.334 e. The Balaban J connectivity index is 1.43. The van der Waals surface area contributed by atoms with Gasteiger partial charge in [-0.25, -0.2) is 0 Å². The second-order valence-electron chi connectivity index (χ2n) is 8.92. The Kier molecular flexibility index (Phi) is 4.46. The van der Waals surface area contributed by atoms with Crippen LogP contribution in [0.1, 0.15) is 48.3 Å². The average Bonchev–Trinajstić information content (AvgIpc) is 3.17. The zero-order chi connectivity index (χ0) is 21.9. The quantitative estimate of drug-likeness (QED) is 0.479. The van der Waals surface area contributed by atoms with E-state index in [9.17, 15) is 19.7 Å². The van der Waals surface area contributed by atoms with Gasteiger partial charge in [0.2, 0.25) is 0 Å². The van der Waals surface area contributed by atoms with Crippen molar-refractivity contribution in [3.63, 3.8) is 0 Å². The molecule has 0 N–H and O–H groups in total. The maximum absolute atomic E-state index is 13.3. The molecule has 2 bridgehead atoms. The van der Waals surface area contributed by atoms with Gasteiger partial charge in [0.1, 0.15) is 0 Å². The fourth-order valence-electron chi connectivity index (χ4n) is 5.17. The Hall–Kier alpha value is -3.42. The van der Waals surface area contributed by atoms with Crippen molar-refractivity contribution in [3.8, 4) is 0 Å². The van der Waals surface area contributed by atoms with Crippen LogP contribution < -0.4 is 5.56 Å². The molecule has 0 saturated carbocycles. The predicted molar refractivity (Wildman–Crippen MR) is 116 cm³/mol. The number of amides is 1. The highest BCUT2D eigenvalue weighted by Gasteiger charge is 2.37.